The SMILES string of the molecule is NC(=O)c1ccc(Cl)c(N2C(=O)[C@H]3CC=CC[C@H]3C2=O)c1. The summed E-state index contributed by atoms with van der Waals surface area (Å²) in [5, 5.41) is 0.244. The number of anilines is 1. The zero-order chi connectivity index (χ0) is 15.1. The molecule has 1 heterocycles. The van der Waals surface area contributed by atoms with Gasteiger partial charge in [-0.1, -0.05) is 23.8 Å². The number of fused-ring (bicyclic) bond motifs is 1. The monoisotopic (exact) mass is 304 g/mol. The van der Waals surface area contributed by atoms with Gasteiger partial charge in [-0.25, -0.2) is 4.90 Å². The van der Waals surface area contributed by atoms with Crippen LogP contribution in [-0.4, -0.2) is 17.7 Å². The smallest absolute Gasteiger partial charge is 0.248 e. The van der Waals surface area contributed by atoms with Gasteiger partial charge in [0.05, 0.1) is 22.5 Å². The third-order valence-corrected chi connectivity index (χ3v) is 4.30. The highest BCUT2D eigenvalue weighted by Crippen LogP contribution is 2.40. The molecule has 1 saturated heterocycles. The summed E-state index contributed by atoms with van der Waals surface area (Å²) in [5.41, 5.74) is 5.68. The Morgan fingerprint density at radius 3 is 2.24 bits per heavy atom. The fourth-order valence-corrected chi connectivity index (χ4v) is 3.08. The number of allylic oxidation sites excluding steroid dienone is 2. The second-order valence-corrected chi connectivity index (χ2v) is 5.61. The highest BCUT2D eigenvalue weighted by Gasteiger charge is 2.48. The van der Waals surface area contributed by atoms with E-state index < -0.39 is 5.91 Å². The van der Waals surface area contributed by atoms with Crippen molar-refractivity contribution >= 4 is 35.0 Å². The second-order valence-electron chi connectivity index (χ2n) is 5.20. The zero-order valence-corrected chi connectivity index (χ0v) is 11.8. The molecule has 2 aliphatic rings. The van der Waals surface area contributed by atoms with Crippen LogP contribution in [0.4, 0.5) is 5.69 Å². The Kier molecular flexibility index (Phi) is 3.29. The third-order valence-electron chi connectivity index (χ3n) is 3.98. The lowest BCUT2D eigenvalue weighted by Crippen LogP contribution is -2.31. The van der Waals surface area contributed by atoms with Crippen LogP contribution in [0.3, 0.4) is 0 Å². The van der Waals surface area contributed by atoms with Crippen LogP contribution in [0.25, 0.3) is 0 Å². The Morgan fingerprint density at radius 1 is 1.14 bits per heavy atom. The predicted molar refractivity (Wildman–Crippen MR) is 77.8 cm³/mol. The fraction of sp³-hybridized carbons (Fsp3) is 0.267. The van der Waals surface area contributed by atoms with E-state index in [-0.39, 0.29) is 39.9 Å². The molecule has 1 aromatic carbocycles. The van der Waals surface area contributed by atoms with Gasteiger partial charge in [0, 0.05) is 5.56 Å². The maximum atomic E-state index is 12.5. The summed E-state index contributed by atoms with van der Waals surface area (Å²) in [6, 6.07) is 4.33. The maximum Gasteiger partial charge on any atom is 0.248 e. The van der Waals surface area contributed by atoms with Crippen molar-refractivity contribution in [3.8, 4) is 0 Å². The lowest BCUT2D eigenvalue weighted by atomic mass is 9.85. The molecule has 3 rings (SSSR count). The molecular weight excluding hydrogens is 292 g/mol. The highest BCUT2D eigenvalue weighted by atomic mass is 35.5. The van der Waals surface area contributed by atoms with Crippen LogP contribution in [0.5, 0.6) is 0 Å². The Bertz CT molecular complexity index is 657. The number of primary amides is 1. The van der Waals surface area contributed by atoms with Crippen LogP contribution >= 0.6 is 11.6 Å². The van der Waals surface area contributed by atoms with Gasteiger partial charge in [0.2, 0.25) is 17.7 Å². The summed E-state index contributed by atoms with van der Waals surface area (Å²) in [5.74, 6) is -1.84. The Labute approximate surface area is 126 Å². The second kappa shape index (κ2) is 5.00. The lowest BCUT2D eigenvalue weighted by molar-refractivity contribution is -0.122. The molecule has 1 aliphatic carbocycles. The number of hydrogen-bond donors (Lipinski definition) is 1. The number of imide groups is 1. The van der Waals surface area contributed by atoms with Crippen LogP contribution in [0.15, 0.2) is 30.4 Å². The summed E-state index contributed by atoms with van der Waals surface area (Å²) in [7, 11) is 0. The van der Waals surface area contributed by atoms with E-state index in [2.05, 4.69) is 0 Å². The zero-order valence-electron chi connectivity index (χ0n) is 11.1. The molecule has 6 heteroatoms. The third kappa shape index (κ3) is 2.14. The number of benzene rings is 1. The quantitative estimate of drug-likeness (QED) is 0.669. The molecule has 108 valence electrons. The minimum atomic E-state index is -0.633. The molecule has 0 aromatic heterocycles. The van der Waals surface area contributed by atoms with Crippen LogP contribution in [0.1, 0.15) is 23.2 Å². The minimum absolute atomic E-state index is 0.211. The average Bonchev–Trinajstić information content (AvgIpc) is 2.72. The average molecular weight is 305 g/mol. The number of nitrogens with zero attached hydrogens (tertiary/aromatic N) is 1. The van der Waals surface area contributed by atoms with Crippen molar-refractivity contribution < 1.29 is 14.4 Å². The molecule has 1 fully saturated rings. The van der Waals surface area contributed by atoms with Crippen molar-refractivity contribution in [2.24, 2.45) is 17.6 Å². The van der Waals surface area contributed by atoms with Crippen molar-refractivity contribution in [2.45, 2.75) is 12.8 Å². The van der Waals surface area contributed by atoms with E-state index in [1.54, 1.807) is 0 Å². The number of amides is 3. The molecule has 0 radical (unpaired) electrons. The molecule has 1 aliphatic heterocycles. The van der Waals surface area contributed by atoms with Gasteiger partial charge in [0.1, 0.15) is 0 Å². The molecule has 1 aromatic rings. The fourth-order valence-electron chi connectivity index (χ4n) is 2.88. The first kappa shape index (κ1) is 13.8. The normalized spacial score (nSPS) is 24.3. The van der Waals surface area contributed by atoms with Gasteiger partial charge in [0.25, 0.3) is 0 Å². The molecule has 21 heavy (non-hydrogen) atoms. The molecule has 0 spiro atoms. The van der Waals surface area contributed by atoms with Crippen LogP contribution < -0.4 is 10.6 Å². The van der Waals surface area contributed by atoms with Gasteiger partial charge in [0.15, 0.2) is 0 Å². The molecule has 0 saturated carbocycles. The van der Waals surface area contributed by atoms with Gasteiger partial charge in [-0.3, -0.25) is 14.4 Å². The van der Waals surface area contributed by atoms with E-state index in [4.69, 9.17) is 17.3 Å². The first-order valence-electron chi connectivity index (χ1n) is 6.63. The van der Waals surface area contributed by atoms with Gasteiger partial charge in [-0.05, 0) is 31.0 Å². The Balaban J connectivity index is 2.05. The van der Waals surface area contributed by atoms with Gasteiger partial charge in [-0.15, -0.1) is 0 Å². The van der Waals surface area contributed by atoms with E-state index in [0.717, 1.165) is 4.90 Å². The number of nitrogens with two attached hydrogens (primary N) is 1. The molecule has 2 N–H and O–H groups in total. The van der Waals surface area contributed by atoms with E-state index in [1.165, 1.54) is 18.2 Å². The van der Waals surface area contributed by atoms with Crippen molar-refractivity contribution in [2.75, 3.05) is 4.90 Å². The topological polar surface area (TPSA) is 80.5 Å². The molecule has 5 nitrogen and oxygen atoms in total. The Morgan fingerprint density at radius 2 is 1.71 bits per heavy atom. The standard InChI is InChI=1S/C15H13ClN2O3/c16-11-6-5-8(13(17)19)7-12(11)18-14(20)9-3-1-2-4-10(9)15(18)21/h1-2,5-7,9-10H,3-4H2,(H2,17,19)/t9-,10+. The first-order chi connectivity index (χ1) is 10.0. The van der Waals surface area contributed by atoms with E-state index in [9.17, 15) is 14.4 Å². The summed E-state index contributed by atoms with van der Waals surface area (Å²) < 4.78 is 0. The first-order valence-corrected chi connectivity index (χ1v) is 7.00. The number of halogens is 1. The largest absolute Gasteiger partial charge is 0.366 e. The van der Waals surface area contributed by atoms with Crippen LogP contribution in [-0.2, 0) is 9.59 Å². The van der Waals surface area contributed by atoms with Gasteiger partial charge < -0.3 is 5.73 Å². The van der Waals surface area contributed by atoms with Crippen molar-refractivity contribution in [3.05, 3.63) is 40.9 Å². The molecule has 0 bridgehead atoms. The van der Waals surface area contributed by atoms with Crippen molar-refractivity contribution in [3.63, 3.8) is 0 Å². The van der Waals surface area contributed by atoms with E-state index >= 15 is 0 Å². The summed E-state index contributed by atoms with van der Waals surface area (Å²) in [6.45, 7) is 0. The van der Waals surface area contributed by atoms with Gasteiger partial charge >= 0.3 is 0 Å². The Hall–Kier alpha value is -2.14. The lowest BCUT2D eigenvalue weighted by Gasteiger charge is -2.17. The van der Waals surface area contributed by atoms with E-state index in [1.807, 2.05) is 12.2 Å². The molecular formula is C15H13ClN2O3. The van der Waals surface area contributed by atoms with Crippen LogP contribution in [0, 0.1) is 11.8 Å². The summed E-state index contributed by atoms with van der Waals surface area (Å²) in [4.78, 5) is 37.3. The number of rotatable bonds is 2. The van der Waals surface area contributed by atoms with Crippen LogP contribution in [0.2, 0.25) is 5.02 Å². The number of carbonyl (C=O) groups excluding carboxylic acids is 3. The molecule has 3 amide bonds. The highest BCUT2D eigenvalue weighted by molar-refractivity contribution is 6.36. The minimum Gasteiger partial charge on any atom is -0.366 e. The van der Waals surface area contributed by atoms with Crippen molar-refractivity contribution in [1.29, 1.82) is 0 Å². The summed E-state index contributed by atoms with van der Waals surface area (Å²) in [6.07, 6.45) is 4.94. The maximum absolute atomic E-state index is 12.5. The molecule has 2 atom stereocenters. The molecule has 0 unspecified atom stereocenters. The van der Waals surface area contributed by atoms with Crippen molar-refractivity contribution in [1.82, 2.24) is 0 Å². The number of hydrogen-bond acceptors (Lipinski definition) is 3. The van der Waals surface area contributed by atoms with E-state index in [0.29, 0.717) is 12.8 Å². The number of carbonyl (C=O) groups is 3. The predicted octanol–water partition coefficient (Wildman–Crippen LogP) is 1.89. The summed E-state index contributed by atoms with van der Waals surface area (Å²) >= 11 is 6.10. The van der Waals surface area contributed by atoms with Gasteiger partial charge in [-0.2, -0.15) is 0 Å².